The van der Waals surface area contributed by atoms with Crippen molar-refractivity contribution in [2.75, 3.05) is 33.4 Å². The van der Waals surface area contributed by atoms with E-state index in [0.29, 0.717) is 18.4 Å². The normalized spacial score (nSPS) is 19.0. The summed E-state index contributed by atoms with van der Waals surface area (Å²) < 4.78 is 10.7. The van der Waals surface area contributed by atoms with Gasteiger partial charge in [0.2, 0.25) is 0 Å². The number of aryl methyl sites for hydroxylation is 1. The molecular formula is C27H41N3O3. The number of fused-ring (bicyclic) bond motifs is 1. The van der Waals surface area contributed by atoms with Gasteiger partial charge in [-0.05, 0) is 80.9 Å². The van der Waals surface area contributed by atoms with Crippen molar-refractivity contribution in [3.63, 3.8) is 0 Å². The molecule has 1 amide bonds. The van der Waals surface area contributed by atoms with Gasteiger partial charge in [0.25, 0.3) is 0 Å². The van der Waals surface area contributed by atoms with Gasteiger partial charge in [-0.2, -0.15) is 0 Å². The number of benzene rings is 1. The predicted octanol–water partition coefficient (Wildman–Crippen LogP) is 5.57. The number of pyridine rings is 1. The van der Waals surface area contributed by atoms with Gasteiger partial charge in [-0.1, -0.05) is 32.6 Å². The van der Waals surface area contributed by atoms with Crippen LogP contribution in [0.4, 0.5) is 4.79 Å². The van der Waals surface area contributed by atoms with E-state index >= 15 is 0 Å². The highest BCUT2D eigenvalue weighted by Crippen LogP contribution is 2.30. The van der Waals surface area contributed by atoms with Gasteiger partial charge < -0.3 is 20.1 Å². The standard InChI is InChI=1S/C27H41N3O3/c1-3-4-5-6-7-16-30-17-14-21(23(19-30)20-33-27(28)31)9-8-10-22-13-15-29-26-12-11-24(32-2)18-25(22)26/h11-13,15,18,21,23H,3-10,14,16-17,19-20H2,1-2H3,(H2,28,31)/t21-,23+/m0/s1. The number of hydrogen-bond donors (Lipinski definition) is 1. The number of ether oxygens (including phenoxy) is 2. The summed E-state index contributed by atoms with van der Waals surface area (Å²) in [6.07, 6.45) is 12.1. The molecule has 3 rings (SSSR count). The molecule has 0 unspecified atom stereocenters. The summed E-state index contributed by atoms with van der Waals surface area (Å²) in [5, 5.41) is 1.17. The molecule has 6 heteroatoms. The largest absolute Gasteiger partial charge is 0.497 e. The number of rotatable bonds is 13. The maximum atomic E-state index is 11.2. The number of likely N-dealkylation sites (tertiary alicyclic amines) is 1. The number of nitrogens with zero attached hydrogens (tertiary/aromatic N) is 2. The van der Waals surface area contributed by atoms with Gasteiger partial charge in [-0.3, -0.25) is 4.98 Å². The fourth-order valence-corrected chi connectivity index (χ4v) is 5.14. The molecule has 182 valence electrons. The van der Waals surface area contributed by atoms with Crippen molar-refractivity contribution in [2.24, 2.45) is 17.6 Å². The van der Waals surface area contributed by atoms with Crippen LogP contribution in [0.25, 0.3) is 10.9 Å². The second-order valence-corrected chi connectivity index (χ2v) is 9.40. The molecule has 2 heterocycles. The minimum Gasteiger partial charge on any atom is -0.497 e. The first kappa shape index (κ1) is 25.3. The maximum absolute atomic E-state index is 11.2. The molecule has 1 saturated heterocycles. The summed E-state index contributed by atoms with van der Waals surface area (Å²) in [6, 6.07) is 8.18. The van der Waals surface area contributed by atoms with Crippen LogP contribution in [0.5, 0.6) is 5.75 Å². The Bertz CT molecular complexity index is 873. The first-order chi connectivity index (χ1) is 16.1. The second kappa shape index (κ2) is 13.4. The minimum absolute atomic E-state index is 0.358. The summed E-state index contributed by atoms with van der Waals surface area (Å²) in [7, 11) is 1.70. The minimum atomic E-state index is -0.664. The molecule has 33 heavy (non-hydrogen) atoms. The second-order valence-electron chi connectivity index (χ2n) is 9.40. The number of primary amides is 1. The van der Waals surface area contributed by atoms with Crippen LogP contribution in [0.2, 0.25) is 0 Å². The Morgan fingerprint density at radius 1 is 1.15 bits per heavy atom. The molecule has 1 aliphatic heterocycles. The van der Waals surface area contributed by atoms with Crippen molar-refractivity contribution < 1.29 is 14.3 Å². The van der Waals surface area contributed by atoms with Gasteiger partial charge >= 0.3 is 6.09 Å². The van der Waals surface area contributed by atoms with Crippen LogP contribution < -0.4 is 10.5 Å². The Labute approximate surface area is 198 Å². The number of carbonyl (C=O) groups excluding carboxylic acids is 1. The predicted molar refractivity (Wildman–Crippen MR) is 134 cm³/mol. The molecule has 1 fully saturated rings. The van der Waals surface area contributed by atoms with Gasteiger partial charge in [0.05, 0.1) is 19.2 Å². The van der Waals surface area contributed by atoms with E-state index in [2.05, 4.69) is 28.9 Å². The molecule has 0 radical (unpaired) electrons. The topological polar surface area (TPSA) is 77.7 Å². The van der Waals surface area contributed by atoms with Gasteiger partial charge in [0, 0.05) is 24.0 Å². The summed E-state index contributed by atoms with van der Waals surface area (Å²) in [4.78, 5) is 18.3. The van der Waals surface area contributed by atoms with Crippen LogP contribution in [0.1, 0.15) is 63.9 Å². The highest BCUT2D eigenvalue weighted by Gasteiger charge is 2.29. The van der Waals surface area contributed by atoms with Crippen LogP contribution in [-0.4, -0.2) is 49.3 Å². The zero-order chi connectivity index (χ0) is 23.5. The van der Waals surface area contributed by atoms with E-state index in [-0.39, 0.29) is 0 Å². The van der Waals surface area contributed by atoms with Gasteiger partial charge in [0.1, 0.15) is 5.75 Å². The molecule has 1 aromatic carbocycles. The fraction of sp³-hybridized carbons (Fsp3) is 0.630. The van der Waals surface area contributed by atoms with Crippen molar-refractivity contribution in [1.29, 1.82) is 0 Å². The Morgan fingerprint density at radius 2 is 2.00 bits per heavy atom. The van der Waals surface area contributed by atoms with Crippen LogP contribution in [0, 0.1) is 11.8 Å². The van der Waals surface area contributed by atoms with E-state index < -0.39 is 6.09 Å². The number of unbranched alkanes of at least 4 members (excludes halogenated alkanes) is 4. The molecule has 1 aliphatic rings. The average molecular weight is 456 g/mol. The lowest BCUT2D eigenvalue weighted by atomic mass is 9.82. The van der Waals surface area contributed by atoms with E-state index in [4.69, 9.17) is 15.2 Å². The zero-order valence-corrected chi connectivity index (χ0v) is 20.4. The molecule has 1 aromatic heterocycles. The summed E-state index contributed by atoms with van der Waals surface area (Å²) >= 11 is 0. The zero-order valence-electron chi connectivity index (χ0n) is 20.4. The van der Waals surface area contributed by atoms with E-state index in [1.54, 1.807) is 7.11 Å². The molecule has 6 nitrogen and oxygen atoms in total. The first-order valence-electron chi connectivity index (χ1n) is 12.7. The van der Waals surface area contributed by atoms with E-state index in [9.17, 15) is 4.79 Å². The molecule has 2 aromatic rings. The van der Waals surface area contributed by atoms with Crippen LogP contribution in [0.3, 0.4) is 0 Å². The third-order valence-corrected chi connectivity index (χ3v) is 7.05. The SMILES string of the molecule is CCCCCCCN1CC[C@H](CCCc2ccnc3ccc(OC)cc23)[C@@H](COC(N)=O)C1. The smallest absolute Gasteiger partial charge is 0.404 e. The van der Waals surface area contributed by atoms with Crippen molar-refractivity contribution >= 4 is 17.0 Å². The van der Waals surface area contributed by atoms with Crippen molar-refractivity contribution in [1.82, 2.24) is 9.88 Å². The number of amides is 1. The molecule has 2 N–H and O–H groups in total. The fourth-order valence-electron chi connectivity index (χ4n) is 5.14. The molecular weight excluding hydrogens is 414 g/mol. The summed E-state index contributed by atoms with van der Waals surface area (Å²) in [6.45, 7) is 5.97. The molecule has 0 bridgehead atoms. The monoisotopic (exact) mass is 455 g/mol. The van der Waals surface area contributed by atoms with Crippen molar-refractivity contribution in [2.45, 2.75) is 64.7 Å². The van der Waals surface area contributed by atoms with Crippen molar-refractivity contribution in [3.8, 4) is 5.75 Å². The van der Waals surface area contributed by atoms with E-state index in [1.807, 2.05) is 18.3 Å². The number of hydrogen-bond acceptors (Lipinski definition) is 5. The molecule has 0 spiro atoms. The lowest BCUT2D eigenvalue weighted by Crippen LogP contribution is -2.43. The lowest BCUT2D eigenvalue weighted by Gasteiger charge is -2.38. The third kappa shape index (κ3) is 7.88. The molecule has 2 atom stereocenters. The first-order valence-corrected chi connectivity index (χ1v) is 12.7. The number of aromatic nitrogens is 1. The molecule has 0 saturated carbocycles. The van der Waals surface area contributed by atoms with Crippen LogP contribution in [-0.2, 0) is 11.2 Å². The third-order valence-electron chi connectivity index (χ3n) is 7.05. The highest BCUT2D eigenvalue weighted by molar-refractivity contribution is 5.83. The maximum Gasteiger partial charge on any atom is 0.404 e. The Balaban J connectivity index is 1.54. The van der Waals surface area contributed by atoms with Gasteiger partial charge in [-0.15, -0.1) is 0 Å². The van der Waals surface area contributed by atoms with E-state index in [0.717, 1.165) is 56.6 Å². The number of nitrogens with two attached hydrogens (primary N) is 1. The van der Waals surface area contributed by atoms with Crippen molar-refractivity contribution in [3.05, 3.63) is 36.0 Å². The summed E-state index contributed by atoms with van der Waals surface area (Å²) in [5.74, 6) is 1.78. The number of methoxy groups -OCH3 is 1. The Hall–Kier alpha value is -2.34. The van der Waals surface area contributed by atoms with E-state index in [1.165, 1.54) is 43.1 Å². The number of piperidine rings is 1. The Kier molecular flexibility index (Phi) is 10.3. The van der Waals surface area contributed by atoms with Crippen LogP contribution in [0.15, 0.2) is 30.5 Å². The average Bonchev–Trinajstić information content (AvgIpc) is 2.83. The lowest BCUT2D eigenvalue weighted by molar-refractivity contribution is 0.0545. The summed E-state index contributed by atoms with van der Waals surface area (Å²) in [5.41, 5.74) is 7.60. The number of carbonyl (C=O) groups is 1. The molecule has 0 aliphatic carbocycles. The van der Waals surface area contributed by atoms with Gasteiger partial charge in [-0.25, -0.2) is 4.79 Å². The Morgan fingerprint density at radius 3 is 2.79 bits per heavy atom. The highest BCUT2D eigenvalue weighted by atomic mass is 16.5. The quantitative estimate of drug-likeness (QED) is 0.400. The van der Waals surface area contributed by atoms with Gasteiger partial charge in [0.15, 0.2) is 0 Å². The van der Waals surface area contributed by atoms with Crippen LogP contribution >= 0.6 is 0 Å².